The highest BCUT2D eigenvalue weighted by Crippen LogP contribution is 2.25. The molecule has 0 heterocycles. The summed E-state index contributed by atoms with van der Waals surface area (Å²) < 4.78 is 26.2. The van der Waals surface area contributed by atoms with Crippen LogP contribution >= 0.6 is 0 Å². The number of carbonyl (C=O) groups excluding carboxylic acids is 2. The van der Waals surface area contributed by atoms with Crippen molar-refractivity contribution in [1.29, 1.82) is 0 Å². The van der Waals surface area contributed by atoms with Gasteiger partial charge in [0.15, 0.2) is 0 Å². The zero-order chi connectivity index (χ0) is 24.7. The summed E-state index contributed by atoms with van der Waals surface area (Å²) in [4.78, 5) is 26.0. The highest BCUT2D eigenvalue weighted by atomic mass is 16.5. The molecule has 0 fully saturated rings. The first-order valence-electron chi connectivity index (χ1n) is 10.2. The Bertz CT molecular complexity index is 1240. The van der Waals surface area contributed by atoms with Crippen molar-refractivity contribution in [1.82, 2.24) is 0 Å². The van der Waals surface area contributed by atoms with Crippen LogP contribution in [0.2, 0.25) is 0 Å². The van der Waals surface area contributed by atoms with Gasteiger partial charge in [0.25, 0.3) is 0 Å². The predicted octanol–water partition coefficient (Wildman–Crippen LogP) is 4.20. The van der Waals surface area contributed by atoms with Crippen LogP contribution in [0.3, 0.4) is 0 Å². The molecule has 0 amide bonds. The van der Waals surface area contributed by atoms with Crippen LogP contribution in [0.5, 0.6) is 28.7 Å². The molecule has 0 saturated heterocycles. The third-order valence-corrected chi connectivity index (χ3v) is 4.93. The van der Waals surface area contributed by atoms with Crippen molar-refractivity contribution in [2.24, 2.45) is 0 Å². The first kappa shape index (κ1) is 24.2. The van der Waals surface area contributed by atoms with Gasteiger partial charge < -0.3 is 23.7 Å². The second-order valence-corrected chi connectivity index (χ2v) is 7.06. The van der Waals surface area contributed by atoms with E-state index >= 15 is 0 Å². The van der Waals surface area contributed by atoms with Crippen LogP contribution in [0.4, 0.5) is 0 Å². The summed E-state index contributed by atoms with van der Waals surface area (Å²) in [6, 6.07) is 14.6. The Morgan fingerprint density at radius 2 is 0.765 bits per heavy atom. The molecule has 3 aromatic rings. The van der Waals surface area contributed by atoms with E-state index in [4.69, 9.17) is 23.7 Å². The lowest BCUT2D eigenvalue weighted by Gasteiger charge is -2.08. The Hall–Kier alpha value is -4.44. The van der Waals surface area contributed by atoms with Gasteiger partial charge in [0.2, 0.25) is 11.6 Å². The topological polar surface area (TPSA) is 80.3 Å². The maximum absolute atomic E-state index is 13.0. The first-order valence-corrected chi connectivity index (χ1v) is 10.2. The number of ether oxygens (including phenoxy) is 5. The summed E-state index contributed by atoms with van der Waals surface area (Å²) in [5, 5.41) is 0. The van der Waals surface area contributed by atoms with Gasteiger partial charge in [-0.25, -0.2) is 0 Å². The van der Waals surface area contributed by atoms with E-state index in [9.17, 15) is 9.59 Å². The molecule has 0 radical (unpaired) electrons. The third kappa shape index (κ3) is 5.67. The van der Waals surface area contributed by atoms with Gasteiger partial charge in [0.05, 0.1) is 35.5 Å². The number of benzene rings is 3. The quantitative estimate of drug-likeness (QED) is 0.283. The second-order valence-electron chi connectivity index (χ2n) is 7.06. The van der Waals surface area contributed by atoms with Gasteiger partial charge >= 0.3 is 0 Å². The van der Waals surface area contributed by atoms with E-state index in [1.54, 1.807) is 50.6 Å². The average Bonchev–Trinajstić information content (AvgIpc) is 2.89. The van der Waals surface area contributed by atoms with Crippen LogP contribution in [-0.4, -0.2) is 47.1 Å². The highest BCUT2D eigenvalue weighted by molar-refractivity contribution is 6.49. The fraction of sp³-hybridized carbons (Fsp3) is 0.185. The number of hydrogen-bond donors (Lipinski definition) is 0. The molecular formula is C27H24O7. The Morgan fingerprint density at radius 1 is 0.471 bits per heavy atom. The van der Waals surface area contributed by atoms with Gasteiger partial charge in [-0.2, -0.15) is 0 Å². The fourth-order valence-corrected chi connectivity index (χ4v) is 3.14. The number of carbonyl (C=O) groups is 2. The standard InChI is InChI=1S/C27H24O7/c1-30-21-9-17(6-7-18-10-22(31-2)15-23(11-18)32-3)8-19(12-21)26(28)27(29)20-13-24(33-4)16-25(14-20)34-5/h8-16H,1-5H3. The second kappa shape index (κ2) is 10.9. The van der Waals surface area contributed by atoms with Crippen molar-refractivity contribution >= 4 is 11.6 Å². The van der Waals surface area contributed by atoms with E-state index in [0.29, 0.717) is 39.9 Å². The first-order chi connectivity index (χ1) is 16.4. The Kier molecular flexibility index (Phi) is 7.78. The minimum Gasteiger partial charge on any atom is -0.497 e. The molecule has 0 saturated carbocycles. The van der Waals surface area contributed by atoms with Crippen LogP contribution in [0.15, 0.2) is 54.6 Å². The van der Waals surface area contributed by atoms with E-state index in [0.717, 1.165) is 0 Å². The van der Waals surface area contributed by atoms with Crippen molar-refractivity contribution in [3.63, 3.8) is 0 Å². The molecule has 0 bridgehead atoms. The van der Waals surface area contributed by atoms with Crippen molar-refractivity contribution in [2.45, 2.75) is 0 Å². The lowest BCUT2D eigenvalue weighted by Crippen LogP contribution is -2.15. The molecule has 0 aliphatic heterocycles. The summed E-state index contributed by atoms with van der Waals surface area (Å²) in [6.07, 6.45) is 0. The molecule has 34 heavy (non-hydrogen) atoms. The fourth-order valence-electron chi connectivity index (χ4n) is 3.14. The van der Waals surface area contributed by atoms with Crippen LogP contribution < -0.4 is 23.7 Å². The molecule has 7 nitrogen and oxygen atoms in total. The molecule has 174 valence electrons. The molecule has 7 heteroatoms. The van der Waals surface area contributed by atoms with Crippen LogP contribution in [0, 0.1) is 11.8 Å². The summed E-state index contributed by atoms with van der Waals surface area (Å²) in [6.45, 7) is 0. The zero-order valence-corrected chi connectivity index (χ0v) is 19.6. The SMILES string of the molecule is COc1cc(C#Cc2cc(OC)cc(C(=O)C(=O)c3cc(OC)cc(OC)c3)c2)cc(OC)c1. The molecule has 0 aliphatic carbocycles. The largest absolute Gasteiger partial charge is 0.497 e. The van der Waals surface area contributed by atoms with Crippen molar-refractivity contribution in [2.75, 3.05) is 35.5 Å². The minimum absolute atomic E-state index is 0.152. The van der Waals surface area contributed by atoms with Gasteiger partial charge in [-0.1, -0.05) is 11.8 Å². The van der Waals surface area contributed by atoms with E-state index < -0.39 is 11.6 Å². The Balaban J connectivity index is 1.97. The van der Waals surface area contributed by atoms with E-state index in [1.807, 2.05) is 0 Å². The lowest BCUT2D eigenvalue weighted by molar-refractivity contribution is 0.0816. The van der Waals surface area contributed by atoms with Crippen LogP contribution in [0.1, 0.15) is 31.8 Å². The van der Waals surface area contributed by atoms with Gasteiger partial charge in [-0.3, -0.25) is 9.59 Å². The molecule has 0 aliphatic rings. The van der Waals surface area contributed by atoms with Crippen LogP contribution in [0.25, 0.3) is 0 Å². The molecule has 0 unspecified atom stereocenters. The van der Waals surface area contributed by atoms with E-state index in [-0.39, 0.29) is 11.1 Å². The normalized spacial score (nSPS) is 9.91. The molecule has 0 spiro atoms. The summed E-state index contributed by atoms with van der Waals surface area (Å²) >= 11 is 0. The molecule has 3 aromatic carbocycles. The van der Waals surface area contributed by atoms with Crippen molar-refractivity contribution < 1.29 is 33.3 Å². The molecule has 3 rings (SSSR count). The average molecular weight is 460 g/mol. The van der Waals surface area contributed by atoms with Gasteiger partial charge in [-0.15, -0.1) is 0 Å². The molecule has 0 atom stereocenters. The molecular weight excluding hydrogens is 436 g/mol. The monoisotopic (exact) mass is 460 g/mol. The van der Waals surface area contributed by atoms with Crippen molar-refractivity contribution in [3.8, 4) is 40.6 Å². The summed E-state index contributed by atoms with van der Waals surface area (Å²) in [5.41, 5.74) is 1.46. The smallest absolute Gasteiger partial charge is 0.233 e. The Labute approximate surface area is 198 Å². The van der Waals surface area contributed by atoms with Crippen molar-refractivity contribution in [3.05, 3.63) is 76.9 Å². The maximum Gasteiger partial charge on any atom is 0.233 e. The summed E-state index contributed by atoms with van der Waals surface area (Å²) in [7, 11) is 7.52. The number of methoxy groups -OCH3 is 5. The van der Waals surface area contributed by atoms with Gasteiger partial charge in [0.1, 0.15) is 28.7 Å². The summed E-state index contributed by atoms with van der Waals surface area (Å²) in [5.74, 6) is 7.02. The lowest BCUT2D eigenvalue weighted by atomic mass is 9.99. The third-order valence-electron chi connectivity index (χ3n) is 4.93. The van der Waals surface area contributed by atoms with Crippen LogP contribution in [-0.2, 0) is 0 Å². The predicted molar refractivity (Wildman–Crippen MR) is 127 cm³/mol. The number of Topliss-reactive ketones (excluding diaryl/α,β-unsaturated/α-hetero) is 2. The molecule has 0 aromatic heterocycles. The van der Waals surface area contributed by atoms with Gasteiger partial charge in [0, 0.05) is 34.4 Å². The molecule has 0 N–H and O–H groups in total. The van der Waals surface area contributed by atoms with Gasteiger partial charge in [-0.05, 0) is 42.5 Å². The number of hydrogen-bond acceptors (Lipinski definition) is 7. The van der Waals surface area contributed by atoms with E-state index in [1.165, 1.54) is 39.5 Å². The number of ketones is 2. The minimum atomic E-state index is -0.708. The highest BCUT2D eigenvalue weighted by Gasteiger charge is 2.21. The zero-order valence-electron chi connectivity index (χ0n) is 19.6. The number of rotatable bonds is 8. The Morgan fingerprint density at radius 3 is 1.15 bits per heavy atom. The maximum atomic E-state index is 13.0. The van der Waals surface area contributed by atoms with E-state index in [2.05, 4.69) is 11.8 Å².